The van der Waals surface area contributed by atoms with Crippen LogP contribution in [0, 0.1) is 11.3 Å². The average molecular weight is 416 g/mol. The Kier molecular flexibility index (Phi) is 5.63. The van der Waals surface area contributed by atoms with E-state index >= 15 is 0 Å². The third-order valence-corrected chi connectivity index (χ3v) is 7.88. The number of benzene rings is 1. The minimum atomic E-state index is -0.716. The van der Waals surface area contributed by atoms with Crippen LogP contribution in [0.15, 0.2) is 46.3 Å². The maximum absolute atomic E-state index is 14.5. The van der Waals surface area contributed by atoms with Gasteiger partial charge in [0, 0.05) is 17.1 Å². The van der Waals surface area contributed by atoms with E-state index < -0.39 is 11.2 Å². The molecule has 0 radical (unpaired) electrons. The molecule has 1 aliphatic heterocycles. The van der Waals surface area contributed by atoms with Gasteiger partial charge >= 0.3 is 0 Å². The van der Waals surface area contributed by atoms with E-state index in [9.17, 15) is 9.18 Å². The van der Waals surface area contributed by atoms with Crippen molar-refractivity contribution in [2.45, 2.75) is 43.4 Å². The Hall–Kier alpha value is -2.35. The summed E-state index contributed by atoms with van der Waals surface area (Å²) in [6, 6.07) is 7.73. The highest BCUT2D eigenvalue weighted by Gasteiger charge is 2.57. The van der Waals surface area contributed by atoms with Crippen molar-refractivity contribution in [3.63, 3.8) is 0 Å². The number of nitrogens with one attached hydrogen (secondary N) is 1. The molecule has 0 aromatic heterocycles. The molecule has 4 rings (SSSR count). The number of halogens is 1. The van der Waals surface area contributed by atoms with Crippen molar-refractivity contribution in [2.75, 3.05) is 11.1 Å². The maximum Gasteiger partial charge on any atom is 0.225 e. The van der Waals surface area contributed by atoms with Crippen molar-refractivity contribution >= 4 is 35.5 Å². The topological polar surface area (TPSA) is 106 Å². The minimum Gasteiger partial charge on any atom is -0.402 e. The number of nitrogens with two attached hydrogens (primary N) is 2. The molecule has 1 aromatic rings. The second-order valence-corrected chi connectivity index (χ2v) is 9.28. The molecule has 2 aliphatic carbocycles. The number of hydrogen-bond acceptors (Lipinski definition) is 6. The second-order valence-electron chi connectivity index (χ2n) is 7.94. The van der Waals surface area contributed by atoms with Crippen LogP contribution < -0.4 is 16.8 Å². The van der Waals surface area contributed by atoms with Crippen LogP contribution in [0.2, 0.25) is 0 Å². The third kappa shape index (κ3) is 3.77. The van der Waals surface area contributed by atoms with Gasteiger partial charge in [0.2, 0.25) is 5.91 Å². The Labute approximate surface area is 174 Å². The quantitative estimate of drug-likeness (QED) is 0.690. The number of thioether (sulfide) groups is 1. The number of carbonyl (C=O) groups excluding carboxylic acids is 1. The summed E-state index contributed by atoms with van der Waals surface area (Å²) in [5.41, 5.74) is 12.6. The Bertz CT molecular complexity index is 886. The monoisotopic (exact) mass is 415 g/mol. The molecule has 6 nitrogen and oxygen atoms in total. The zero-order chi connectivity index (χ0) is 20.4. The largest absolute Gasteiger partial charge is 0.402 e. The lowest BCUT2D eigenvalue weighted by molar-refractivity contribution is -0.129. The normalized spacial score (nSPS) is 32.1. The molecule has 0 saturated heterocycles. The first-order chi connectivity index (χ1) is 14.0. The molecule has 6 bridgehead atoms. The molecular formula is C21H26FN5OS. The molecule has 2 saturated carbocycles. The SMILES string of the molecule is NC=C(F)C1=N[C@@H]2[C@@H]3CC[C@]2(C(N)=O)CC[C@H]3SCCc2cccc(c2)NC=N1. The van der Waals surface area contributed by atoms with Crippen LogP contribution in [0.5, 0.6) is 0 Å². The van der Waals surface area contributed by atoms with E-state index in [2.05, 4.69) is 27.4 Å². The van der Waals surface area contributed by atoms with Gasteiger partial charge < -0.3 is 16.8 Å². The van der Waals surface area contributed by atoms with Gasteiger partial charge in [-0.15, -0.1) is 0 Å². The summed E-state index contributed by atoms with van der Waals surface area (Å²) in [6.07, 6.45) is 6.42. The number of rotatable bonds is 2. The number of fused-ring (bicyclic) bond motifs is 2. The van der Waals surface area contributed by atoms with Crippen LogP contribution in [-0.4, -0.2) is 35.1 Å². The number of aryl methyl sites for hydroxylation is 1. The number of anilines is 1. The van der Waals surface area contributed by atoms with Gasteiger partial charge in [0.1, 0.15) is 0 Å². The first-order valence-electron chi connectivity index (χ1n) is 9.98. The zero-order valence-electron chi connectivity index (χ0n) is 16.2. The van der Waals surface area contributed by atoms with Crippen LogP contribution in [-0.2, 0) is 11.2 Å². The minimum absolute atomic E-state index is 0.0959. The third-order valence-electron chi connectivity index (χ3n) is 6.43. The number of primary amides is 1. The number of nitrogens with zero attached hydrogens (tertiary/aromatic N) is 2. The lowest BCUT2D eigenvalue weighted by atomic mass is 9.71. The van der Waals surface area contributed by atoms with E-state index in [0.29, 0.717) is 18.1 Å². The molecule has 1 amide bonds. The molecular weight excluding hydrogens is 389 g/mol. The molecule has 29 heavy (non-hydrogen) atoms. The van der Waals surface area contributed by atoms with Gasteiger partial charge in [-0.3, -0.25) is 9.79 Å². The van der Waals surface area contributed by atoms with Gasteiger partial charge in [-0.05, 0) is 61.5 Å². The van der Waals surface area contributed by atoms with Crippen molar-refractivity contribution in [1.29, 1.82) is 0 Å². The van der Waals surface area contributed by atoms with E-state index in [1.807, 2.05) is 23.9 Å². The fraction of sp³-hybridized carbons (Fsp3) is 0.476. The lowest BCUT2D eigenvalue weighted by Crippen LogP contribution is -2.49. The zero-order valence-corrected chi connectivity index (χ0v) is 17.0. The highest BCUT2D eigenvalue weighted by atomic mass is 32.2. The number of carbonyl (C=O) groups is 1. The highest BCUT2D eigenvalue weighted by Crippen LogP contribution is 2.56. The van der Waals surface area contributed by atoms with Crippen molar-refractivity contribution in [3.8, 4) is 0 Å². The molecule has 0 unspecified atom stereocenters. The average Bonchev–Trinajstić information content (AvgIpc) is 2.96. The maximum atomic E-state index is 14.5. The first-order valence-corrected chi connectivity index (χ1v) is 11.0. The standard InChI is InChI=1S/C21H26FN5OS/c22-16(11-23)19-26-12-25-14-3-1-2-13(10-14)6-9-29-17-5-8-21(20(24)28)7-4-15(17)18(21)27-19/h1-3,10-12,15,17-18H,4-9,23H2,(H2,24,28)(H,25,26,27)/t15-,17-,18-,21+/m1/s1. The van der Waals surface area contributed by atoms with Gasteiger partial charge in [-0.25, -0.2) is 9.38 Å². The Morgan fingerprint density at radius 2 is 2.17 bits per heavy atom. The molecule has 154 valence electrons. The molecule has 3 aliphatic rings. The van der Waals surface area contributed by atoms with Crippen molar-refractivity contribution < 1.29 is 9.18 Å². The predicted octanol–water partition coefficient (Wildman–Crippen LogP) is 3.00. The summed E-state index contributed by atoms with van der Waals surface area (Å²) in [5, 5.41) is 3.44. The van der Waals surface area contributed by atoms with E-state index in [4.69, 9.17) is 11.5 Å². The molecule has 0 spiro atoms. The summed E-state index contributed by atoms with van der Waals surface area (Å²) in [4.78, 5) is 21.3. The Morgan fingerprint density at radius 1 is 1.34 bits per heavy atom. The first kappa shape index (κ1) is 19.9. The number of hydrogen-bond donors (Lipinski definition) is 3. The van der Waals surface area contributed by atoms with Crippen LogP contribution in [0.25, 0.3) is 0 Å². The summed E-state index contributed by atoms with van der Waals surface area (Å²) in [6.45, 7) is 0. The van der Waals surface area contributed by atoms with Crippen molar-refractivity contribution in [1.82, 2.24) is 0 Å². The smallest absolute Gasteiger partial charge is 0.225 e. The van der Waals surface area contributed by atoms with E-state index in [1.165, 1.54) is 11.9 Å². The molecule has 4 atom stereocenters. The highest BCUT2D eigenvalue weighted by molar-refractivity contribution is 7.99. The van der Waals surface area contributed by atoms with E-state index in [1.54, 1.807) is 0 Å². The molecule has 2 fully saturated rings. The van der Waals surface area contributed by atoms with Gasteiger partial charge in [0.25, 0.3) is 0 Å². The van der Waals surface area contributed by atoms with Gasteiger partial charge in [-0.2, -0.15) is 11.8 Å². The van der Waals surface area contributed by atoms with Crippen LogP contribution in [0.4, 0.5) is 10.1 Å². The molecule has 1 aromatic carbocycles. The molecule has 8 heteroatoms. The molecule has 1 heterocycles. The van der Waals surface area contributed by atoms with Crippen LogP contribution >= 0.6 is 11.8 Å². The van der Waals surface area contributed by atoms with Crippen LogP contribution in [0.3, 0.4) is 0 Å². The van der Waals surface area contributed by atoms with Gasteiger partial charge in [-0.1, -0.05) is 12.1 Å². The number of amidine groups is 1. The van der Waals surface area contributed by atoms with Gasteiger partial charge in [0.05, 0.1) is 17.8 Å². The van der Waals surface area contributed by atoms with E-state index in [-0.39, 0.29) is 23.7 Å². The van der Waals surface area contributed by atoms with Crippen LogP contribution in [0.1, 0.15) is 31.2 Å². The summed E-state index contributed by atoms with van der Waals surface area (Å²) < 4.78 is 14.5. The molecule has 5 N–H and O–H groups in total. The number of amides is 1. The fourth-order valence-electron chi connectivity index (χ4n) is 4.91. The second kappa shape index (κ2) is 8.18. The predicted molar refractivity (Wildman–Crippen MR) is 117 cm³/mol. The summed E-state index contributed by atoms with van der Waals surface area (Å²) in [7, 11) is 0. The van der Waals surface area contributed by atoms with Crippen molar-refractivity contribution in [3.05, 3.63) is 41.9 Å². The van der Waals surface area contributed by atoms with E-state index in [0.717, 1.165) is 36.9 Å². The fourth-order valence-corrected chi connectivity index (χ4v) is 6.38. The summed E-state index contributed by atoms with van der Waals surface area (Å²) >= 11 is 1.93. The lowest BCUT2D eigenvalue weighted by Gasteiger charge is -2.40. The summed E-state index contributed by atoms with van der Waals surface area (Å²) in [5.74, 6) is 0.0213. The number of aliphatic imine (C=N–C) groups is 2. The van der Waals surface area contributed by atoms with Crippen molar-refractivity contribution in [2.24, 2.45) is 32.8 Å². The Morgan fingerprint density at radius 3 is 2.97 bits per heavy atom. The van der Waals surface area contributed by atoms with Gasteiger partial charge in [0.15, 0.2) is 11.7 Å². The Balaban J connectivity index is 1.76.